The molecule has 0 aliphatic heterocycles. The third-order valence-electron chi connectivity index (χ3n) is 3.08. The molecule has 1 aromatic carbocycles. The number of carbonyl (C=O) groups is 2. The van der Waals surface area contributed by atoms with Crippen LogP contribution in [0.1, 0.15) is 0 Å². The first-order chi connectivity index (χ1) is 12.5. The Labute approximate surface area is 150 Å². The maximum Gasteiger partial charge on any atom is 0.253 e. The molecule has 11 heteroatoms. The fourth-order valence-corrected chi connectivity index (χ4v) is 2.57. The number of benzene rings is 1. The Balaban J connectivity index is 1.44. The average molecular weight is 378 g/mol. The molecule has 134 valence electrons. The van der Waals surface area contributed by atoms with E-state index in [1.165, 1.54) is 10.6 Å². The molecule has 2 N–H and O–H groups in total. The molecular weight excluding hydrogens is 366 g/mol. The van der Waals surface area contributed by atoms with Crippen molar-refractivity contribution >= 4 is 35.0 Å². The molecular formula is C15H12F2N6O2S. The van der Waals surface area contributed by atoms with Gasteiger partial charge in [0.2, 0.25) is 17.0 Å². The Hall–Kier alpha value is -3.08. The van der Waals surface area contributed by atoms with Gasteiger partial charge in [-0.2, -0.15) is 4.98 Å². The summed E-state index contributed by atoms with van der Waals surface area (Å²) >= 11 is 1.10. The van der Waals surface area contributed by atoms with Gasteiger partial charge in [-0.3, -0.25) is 9.59 Å². The minimum Gasteiger partial charge on any atom is -0.346 e. The highest BCUT2D eigenvalue weighted by Crippen LogP contribution is 2.14. The fourth-order valence-electron chi connectivity index (χ4n) is 1.91. The second kappa shape index (κ2) is 7.87. The average Bonchev–Trinajstić information content (AvgIpc) is 3.04. The molecule has 0 aliphatic rings. The normalized spacial score (nSPS) is 10.7. The molecule has 0 unspecified atom stereocenters. The van der Waals surface area contributed by atoms with Crippen LogP contribution in [0.2, 0.25) is 0 Å². The molecule has 0 atom stereocenters. The highest BCUT2D eigenvalue weighted by atomic mass is 32.2. The third-order valence-corrected chi connectivity index (χ3v) is 3.92. The first-order valence-corrected chi connectivity index (χ1v) is 8.31. The summed E-state index contributed by atoms with van der Waals surface area (Å²) in [6.45, 7) is -0.307. The zero-order chi connectivity index (χ0) is 18.5. The molecule has 0 bridgehead atoms. The molecule has 0 fully saturated rings. The van der Waals surface area contributed by atoms with E-state index in [9.17, 15) is 18.4 Å². The molecule has 0 aliphatic carbocycles. The van der Waals surface area contributed by atoms with E-state index in [1.807, 2.05) is 0 Å². The Morgan fingerprint density at radius 1 is 1.19 bits per heavy atom. The van der Waals surface area contributed by atoms with Crippen molar-refractivity contribution in [2.24, 2.45) is 0 Å². The van der Waals surface area contributed by atoms with Crippen LogP contribution in [0.4, 0.5) is 14.5 Å². The van der Waals surface area contributed by atoms with E-state index in [2.05, 4.69) is 25.7 Å². The summed E-state index contributed by atoms with van der Waals surface area (Å²) in [7, 11) is 0. The van der Waals surface area contributed by atoms with Gasteiger partial charge < -0.3 is 10.6 Å². The van der Waals surface area contributed by atoms with Crippen LogP contribution in [0.5, 0.6) is 0 Å². The molecule has 2 heterocycles. The van der Waals surface area contributed by atoms with Crippen molar-refractivity contribution in [3.05, 3.63) is 48.3 Å². The first-order valence-electron chi connectivity index (χ1n) is 7.33. The number of aromatic nitrogens is 4. The largest absolute Gasteiger partial charge is 0.346 e. The summed E-state index contributed by atoms with van der Waals surface area (Å²) in [6, 6.07) is 4.68. The first kappa shape index (κ1) is 17.7. The van der Waals surface area contributed by atoms with Crippen LogP contribution in [-0.2, 0) is 9.59 Å². The summed E-state index contributed by atoms with van der Waals surface area (Å²) in [5.41, 5.74) is 0.0962. The number of thioether (sulfide) groups is 1. The molecule has 0 saturated heterocycles. The summed E-state index contributed by atoms with van der Waals surface area (Å²) in [4.78, 5) is 31.6. The minimum absolute atomic E-state index is 0.00926. The monoisotopic (exact) mass is 378 g/mol. The zero-order valence-corrected chi connectivity index (χ0v) is 14.0. The minimum atomic E-state index is -1.07. The standard InChI is InChI=1S/C15H12F2N6O2S/c16-10-3-2-9(6-11(10)17)20-12(24)7-19-13(25)8-26-15-21-14-18-4-1-5-23(14)22-15/h1-6H,7-8H2,(H,19,25)(H,20,24). The second-order valence-corrected chi connectivity index (χ2v) is 5.94. The van der Waals surface area contributed by atoms with Crippen LogP contribution in [0.15, 0.2) is 41.8 Å². The lowest BCUT2D eigenvalue weighted by Crippen LogP contribution is -2.33. The fraction of sp³-hybridized carbons (Fsp3) is 0.133. The lowest BCUT2D eigenvalue weighted by molar-refractivity contribution is -0.122. The number of hydrogen-bond donors (Lipinski definition) is 2. The van der Waals surface area contributed by atoms with Crippen molar-refractivity contribution in [1.82, 2.24) is 24.9 Å². The van der Waals surface area contributed by atoms with Gasteiger partial charge in [0.25, 0.3) is 5.78 Å². The molecule has 3 rings (SSSR count). The summed E-state index contributed by atoms with van der Waals surface area (Å²) in [5.74, 6) is -2.62. The van der Waals surface area contributed by atoms with Crippen molar-refractivity contribution in [3.8, 4) is 0 Å². The Morgan fingerprint density at radius 3 is 2.81 bits per heavy atom. The number of carbonyl (C=O) groups excluding carboxylic acids is 2. The third kappa shape index (κ3) is 4.51. The van der Waals surface area contributed by atoms with E-state index in [-0.39, 0.29) is 18.0 Å². The number of halogens is 2. The van der Waals surface area contributed by atoms with E-state index in [4.69, 9.17) is 0 Å². The van der Waals surface area contributed by atoms with E-state index in [1.54, 1.807) is 18.5 Å². The number of nitrogens with one attached hydrogen (secondary N) is 2. The molecule has 0 radical (unpaired) electrons. The topological polar surface area (TPSA) is 101 Å². The summed E-state index contributed by atoms with van der Waals surface area (Å²) in [5, 5.41) is 9.28. The molecule has 2 amide bonds. The van der Waals surface area contributed by atoms with Crippen LogP contribution in [0.3, 0.4) is 0 Å². The van der Waals surface area contributed by atoms with Crippen LogP contribution >= 0.6 is 11.8 Å². The molecule has 26 heavy (non-hydrogen) atoms. The Bertz CT molecular complexity index is 931. The number of anilines is 1. The SMILES string of the molecule is O=C(CSc1nc2ncccn2n1)NCC(=O)Nc1ccc(F)c(F)c1. The molecule has 3 aromatic rings. The van der Waals surface area contributed by atoms with Crippen molar-refractivity contribution in [1.29, 1.82) is 0 Å². The van der Waals surface area contributed by atoms with Gasteiger partial charge >= 0.3 is 0 Å². The molecule has 0 saturated carbocycles. The van der Waals surface area contributed by atoms with Gasteiger partial charge in [0.05, 0.1) is 12.3 Å². The van der Waals surface area contributed by atoms with E-state index in [0.717, 1.165) is 23.9 Å². The van der Waals surface area contributed by atoms with Gasteiger partial charge in [-0.05, 0) is 18.2 Å². The van der Waals surface area contributed by atoms with E-state index >= 15 is 0 Å². The number of amides is 2. The quantitative estimate of drug-likeness (QED) is 0.626. The Morgan fingerprint density at radius 2 is 2.04 bits per heavy atom. The van der Waals surface area contributed by atoms with Crippen molar-refractivity contribution in [2.45, 2.75) is 5.16 Å². The van der Waals surface area contributed by atoms with Crippen LogP contribution in [0, 0.1) is 11.6 Å². The Kier molecular flexibility index (Phi) is 5.37. The van der Waals surface area contributed by atoms with Gasteiger partial charge in [0.15, 0.2) is 11.6 Å². The number of hydrogen-bond acceptors (Lipinski definition) is 6. The number of rotatable bonds is 6. The summed E-state index contributed by atoms with van der Waals surface area (Å²) in [6.07, 6.45) is 3.26. The maximum absolute atomic E-state index is 13.1. The van der Waals surface area contributed by atoms with Crippen LogP contribution in [0.25, 0.3) is 5.78 Å². The van der Waals surface area contributed by atoms with Crippen molar-refractivity contribution < 1.29 is 18.4 Å². The van der Waals surface area contributed by atoms with Gasteiger partial charge in [0.1, 0.15) is 0 Å². The zero-order valence-electron chi connectivity index (χ0n) is 13.1. The van der Waals surface area contributed by atoms with Gasteiger partial charge in [-0.15, -0.1) is 5.10 Å². The number of nitrogens with zero attached hydrogens (tertiary/aromatic N) is 4. The maximum atomic E-state index is 13.1. The molecule has 8 nitrogen and oxygen atoms in total. The van der Waals surface area contributed by atoms with Crippen LogP contribution < -0.4 is 10.6 Å². The van der Waals surface area contributed by atoms with Gasteiger partial charge in [-0.1, -0.05) is 11.8 Å². The van der Waals surface area contributed by atoms with Gasteiger partial charge in [0, 0.05) is 24.1 Å². The van der Waals surface area contributed by atoms with E-state index < -0.39 is 23.4 Å². The van der Waals surface area contributed by atoms with Crippen molar-refractivity contribution in [2.75, 3.05) is 17.6 Å². The lowest BCUT2D eigenvalue weighted by Gasteiger charge is -2.06. The smallest absolute Gasteiger partial charge is 0.253 e. The highest BCUT2D eigenvalue weighted by Gasteiger charge is 2.10. The molecule has 0 spiro atoms. The van der Waals surface area contributed by atoms with Crippen LogP contribution in [-0.4, -0.2) is 43.7 Å². The second-order valence-electron chi connectivity index (χ2n) is 5.00. The van der Waals surface area contributed by atoms with E-state index in [0.29, 0.717) is 10.9 Å². The number of fused-ring (bicyclic) bond motifs is 1. The predicted molar refractivity (Wildman–Crippen MR) is 89.5 cm³/mol. The van der Waals surface area contributed by atoms with Gasteiger partial charge in [-0.25, -0.2) is 18.3 Å². The predicted octanol–water partition coefficient (Wildman–Crippen LogP) is 1.25. The lowest BCUT2D eigenvalue weighted by atomic mass is 10.3. The summed E-state index contributed by atoms with van der Waals surface area (Å²) < 4.78 is 27.4. The highest BCUT2D eigenvalue weighted by molar-refractivity contribution is 7.99. The van der Waals surface area contributed by atoms with Crippen molar-refractivity contribution in [3.63, 3.8) is 0 Å². The molecule has 2 aromatic heterocycles.